The molecule has 1 aromatic carbocycles. The van der Waals surface area contributed by atoms with E-state index in [2.05, 4.69) is 16.8 Å². The van der Waals surface area contributed by atoms with Crippen LogP contribution in [-0.2, 0) is 4.79 Å². The van der Waals surface area contributed by atoms with Gasteiger partial charge < -0.3 is 14.9 Å². The van der Waals surface area contributed by atoms with Crippen LogP contribution in [0.3, 0.4) is 0 Å². The number of β-amino-alcohol motifs (C(OH)–C–C–N with tert-alkyl or cyclic N) is 1. The first-order chi connectivity index (χ1) is 11.4. The lowest BCUT2D eigenvalue weighted by atomic mass is 9.99. The van der Waals surface area contributed by atoms with Gasteiger partial charge in [-0.2, -0.15) is 0 Å². The minimum atomic E-state index is -0.602. The van der Waals surface area contributed by atoms with Gasteiger partial charge in [-0.25, -0.2) is 4.39 Å². The highest BCUT2D eigenvalue weighted by Crippen LogP contribution is 2.20. The molecule has 1 amide bonds. The first-order valence-corrected chi connectivity index (χ1v) is 8.47. The van der Waals surface area contributed by atoms with E-state index in [9.17, 15) is 14.3 Å². The highest BCUT2D eigenvalue weighted by atomic mass is 19.1. The minimum absolute atomic E-state index is 0.183. The van der Waals surface area contributed by atoms with E-state index >= 15 is 0 Å². The third-order valence-electron chi connectivity index (χ3n) is 4.67. The Balaban J connectivity index is 1.85. The van der Waals surface area contributed by atoms with E-state index in [1.54, 1.807) is 32.2 Å². The quantitative estimate of drug-likeness (QED) is 0.841. The van der Waals surface area contributed by atoms with E-state index in [0.717, 1.165) is 26.2 Å². The van der Waals surface area contributed by atoms with E-state index in [4.69, 9.17) is 0 Å². The van der Waals surface area contributed by atoms with Crippen LogP contribution in [0.2, 0.25) is 0 Å². The maximum atomic E-state index is 13.8. The Labute approximate surface area is 143 Å². The standard InChI is InChI=1S/C18H28FN3O2/c1-14(16-6-4-5-7-17(16)19)18(24)21(3)12-15(23)13-22-10-8-20(2)9-11-22/h4-7,14-15,23H,8-13H2,1-3H3. The van der Waals surface area contributed by atoms with Gasteiger partial charge in [-0.3, -0.25) is 9.69 Å². The number of nitrogens with zero attached hydrogens (tertiary/aromatic N) is 3. The third-order valence-corrected chi connectivity index (χ3v) is 4.67. The van der Waals surface area contributed by atoms with Gasteiger partial charge >= 0.3 is 0 Å². The topological polar surface area (TPSA) is 47.0 Å². The zero-order valence-electron chi connectivity index (χ0n) is 14.8. The Hall–Kier alpha value is -1.50. The lowest BCUT2D eigenvalue weighted by Crippen LogP contribution is -2.49. The van der Waals surface area contributed by atoms with Gasteiger partial charge in [-0.05, 0) is 25.6 Å². The number of hydrogen-bond acceptors (Lipinski definition) is 4. The van der Waals surface area contributed by atoms with Crippen molar-refractivity contribution in [2.24, 2.45) is 0 Å². The number of carbonyl (C=O) groups is 1. The van der Waals surface area contributed by atoms with Crippen LogP contribution in [-0.4, -0.2) is 85.2 Å². The summed E-state index contributed by atoms with van der Waals surface area (Å²) in [7, 11) is 3.75. The fourth-order valence-corrected chi connectivity index (χ4v) is 3.08. The van der Waals surface area contributed by atoms with Crippen molar-refractivity contribution in [3.05, 3.63) is 35.6 Å². The summed E-state index contributed by atoms with van der Waals surface area (Å²) in [6.45, 7) is 6.35. The van der Waals surface area contributed by atoms with Crippen LogP contribution < -0.4 is 0 Å². The molecule has 0 spiro atoms. The number of halogens is 1. The predicted molar refractivity (Wildman–Crippen MR) is 92.4 cm³/mol. The molecule has 6 heteroatoms. The number of aliphatic hydroxyl groups is 1. The fourth-order valence-electron chi connectivity index (χ4n) is 3.08. The maximum absolute atomic E-state index is 13.8. The molecular weight excluding hydrogens is 309 g/mol. The second kappa shape index (κ2) is 8.55. The Bertz CT molecular complexity index is 547. The predicted octanol–water partition coefficient (Wildman–Crippen LogP) is 0.996. The molecule has 1 aliphatic heterocycles. The van der Waals surface area contributed by atoms with Crippen LogP contribution >= 0.6 is 0 Å². The normalized spacial score (nSPS) is 19.0. The van der Waals surface area contributed by atoms with Crippen LogP contribution in [0.25, 0.3) is 0 Å². The molecule has 2 atom stereocenters. The summed E-state index contributed by atoms with van der Waals surface area (Å²) < 4.78 is 13.8. The summed E-state index contributed by atoms with van der Waals surface area (Å²) in [6.07, 6.45) is -0.602. The number of benzene rings is 1. The highest BCUT2D eigenvalue weighted by molar-refractivity contribution is 5.83. The van der Waals surface area contributed by atoms with Crippen molar-refractivity contribution in [2.75, 3.05) is 53.4 Å². The summed E-state index contributed by atoms with van der Waals surface area (Å²) in [5.74, 6) is -1.12. The maximum Gasteiger partial charge on any atom is 0.229 e. The van der Waals surface area contributed by atoms with Gasteiger partial charge in [-0.1, -0.05) is 18.2 Å². The molecule has 24 heavy (non-hydrogen) atoms. The average molecular weight is 337 g/mol. The summed E-state index contributed by atoms with van der Waals surface area (Å²) in [5.41, 5.74) is 0.392. The zero-order valence-corrected chi connectivity index (χ0v) is 14.8. The molecule has 1 saturated heterocycles. The summed E-state index contributed by atoms with van der Waals surface area (Å²) in [5, 5.41) is 10.3. The fraction of sp³-hybridized carbons (Fsp3) is 0.611. The van der Waals surface area contributed by atoms with Crippen LogP contribution in [0.4, 0.5) is 4.39 Å². The van der Waals surface area contributed by atoms with Gasteiger partial charge in [0.05, 0.1) is 12.0 Å². The van der Waals surface area contributed by atoms with Crippen LogP contribution in [0.5, 0.6) is 0 Å². The second-order valence-corrected chi connectivity index (χ2v) is 6.72. The molecule has 0 saturated carbocycles. The Morgan fingerprint density at radius 3 is 2.54 bits per heavy atom. The first kappa shape index (κ1) is 18.8. The van der Waals surface area contributed by atoms with Crippen molar-refractivity contribution in [3.8, 4) is 0 Å². The van der Waals surface area contributed by atoms with Crippen molar-refractivity contribution in [1.82, 2.24) is 14.7 Å². The number of rotatable bonds is 6. The van der Waals surface area contributed by atoms with Crippen molar-refractivity contribution in [2.45, 2.75) is 18.9 Å². The Morgan fingerprint density at radius 2 is 1.92 bits per heavy atom. The monoisotopic (exact) mass is 337 g/mol. The van der Waals surface area contributed by atoms with Crippen LogP contribution in [0.1, 0.15) is 18.4 Å². The summed E-state index contributed by atoms with van der Waals surface area (Å²) in [6, 6.07) is 6.33. The zero-order chi connectivity index (χ0) is 17.7. The Kier molecular flexibility index (Phi) is 6.71. The van der Waals surface area contributed by atoms with Gasteiger partial charge in [0.25, 0.3) is 0 Å². The van der Waals surface area contributed by atoms with Crippen molar-refractivity contribution in [1.29, 1.82) is 0 Å². The number of amides is 1. The van der Waals surface area contributed by atoms with E-state index in [0.29, 0.717) is 12.1 Å². The lowest BCUT2D eigenvalue weighted by Gasteiger charge is -2.34. The number of piperazine rings is 1. The van der Waals surface area contributed by atoms with Crippen molar-refractivity contribution >= 4 is 5.91 Å². The van der Waals surface area contributed by atoms with Crippen molar-refractivity contribution in [3.63, 3.8) is 0 Å². The van der Waals surface area contributed by atoms with E-state index in [1.165, 1.54) is 11.0 Å². The molecule has 1 aromatic rings. The van der Waals surface area contributed by atoms with Gasteiger partial charge in [0.2, 0.25) is 5.91 Å². The SMILES string of the molecule is CC(C(=O)N(C)CC(O)CN1CCN(C)CC1)c1ccccc1F. The number of aliphatic hydroxyl groups excluding tert-OH is 1. The van der Waals surface area contributed by atoms with E-state index < -0.39 is 12.0 Å². The molecular formula is C18H28FN3O2. The van der Waals surface area contributed by atoms with Crippen LogP contribution in [0, 0.1) is 5.82 Å². The second-order valence-electron chi connectivity index (χ2n) is 6.72. The Morgan fingerprint density at radius 1 is 1.29 bits per heavy atom. The molecule has 134 valence electrons. The van der Waals surface area contributed by atoms with Crippen molar-refractivity contribution < 1.29 is 14.3 Å². The third kappa shape index (κ3) is 5.00. The highest BCUT2D eigenvalue weighted by Gasteiger charge is 2.24. The molecule has 0 aromatic heterocycles. The number of hydrogen-bond donors (Lipinski definition) is 1. The molecule has 0 aliphatic carbocycles. The average Bonchev–Trinajstić information content (AvgIpc) is 2.56. The number of carbonyl (C=O) groups excluding carboxylic acids is 1. The molecule has 1 N–H and O–H groups in total. The molecule has 0 bridgehead atoms. The summed E-state index contributed by atoms with van der Waals surface area (Å²) >= 11 is 0. The first-order valence-electron chi connectivity index (χ1n) is 8.47. The van der Waals surface area contributed by atoms with Gasteiger partial charge in [0.15, 0.2) is 0 Å². The number of likely N-dealkylation sites (N-methyl/N-ethyl adjacent to an activating group) is 2. The smallest absolute Gasteiger partial charge is 0.229 e. The molecule has 1 heterocycles. The molecule has 1 fully saturated rings. The van der Waals surface area contributed by atoms with E-state index in [-0.39, 0.29) is 18.3 Å². The summed E-state index contributed by atoms with van der Waals surface area (Å²) in [4.78, 5) is 18.5. The molecule has 5 nitrogen and oxygen atoms in total. The van der Waals surface area contributed by atoms with Gasteiger partial charge in [-0.15, -0.1) is 0 Å². The lowest BCUT2D eigenvalue weighted by molar-refractivity contribution is -0.132. The van der Waals surface area contributed by atoms with Crippen LogP contribution in [0.15, 0.2) is 24.3 Å². The van der Waals surface area contributed by atoms with E-state index in [1.807, 2.05) is 0 Å². The molecule has 1 aliphatic rings. The largest absolute Gasteiger partial charge is 0.390 e. The molecule has 0 radical (unpaired) electrons. The minimum Gasteiger partial charge on any atom is -0.390 e. The molecule has 2 unspecified atom stereocenters. The molecule has 2 rings (SSSR count). The van der Waals surface area contributed by atoms with Gasteiger partial charge in [0, 0.05) is 46.3 Å². The van der Waals surface area contributed by atoms with Gasteiger partial charge in [0.1, 0.15) is 5.82 Å².